The Morgan fingerprint density at radius 2 is 1.60 bits per heavy atom. The van der Waals surface area contributed by atoms with Crippen molar-refractivity contribution in [1.82, 2.24) is 20.0 Å². The van der Waals surface area contributed by atoms with E-state index in [1.807, 2.05) is 0 Å². The van der Waals surface area contributed by atoms with Crippen molar-refractivity contribution in [3.8, 4) is 0 Å². The highest BCUT2D eigenvalue weighted by atomic mass is 15.9. The van der Waals surface area contributed by atoms with Gasteiger partial charge in [-0.05, 0) is 56.3 Å². The fourth-order valence-corrected chi connectivity index (χ4v) is 5.43. The number of hydrogen-bond donors (Lipinski definition) is 0. The van der Waals surface area contributed by atoms with Crippen LogP contribution in [0.25, 0.3) is 0 Å². The summed E-state index contributed by atoms with van der Waals surface area (Å²) in [5, 5.41) is 8.11. The molecule has 2 heterocycles. The number of hydrazine groups is 2. The van der Waals surface area contributed by atoms with E-state index in [1.165, 1.54) is 68.3 Å². The highest BCUT2D eigenvalue weighted by molar-refractivity contribution is 5.33. The fourth-order valence-electron chi connectivity index (χ4n) is 5.43. The van der Waals surface area contributed by atoms with E-state index in [0.717, 1.165) is 19.6 Å². The lowest BCUT2D eigenvalue weighted by molar-refractivity contribution is -0.189. The predicted molar refractivity (Wildman–Crippen MR) is 128 cm³/mol. The molecule has 0 N–H and O–H groups in total. The van der Waals surface area contributed by atoms with Crippen LogP contribution < -0.4 is 0 Å². The van der Waals surface area contributed by atoms with E-state index in [2.05, 4.69) is 79.9 Å². The first-order valence-electron chi connectivity index (χ1n) is 12.5. The van der Waals surface area contributed by atoms with E-state index >= 15 is 0 Å². The molecule has 3 atom stereocenters. The van der Waals surface area contributed by atoms with Crippen LogP contribution in [0.1, 0.15) is 82.0 Å². The Morgan fingerprint density at radius 1 is 0.933 bits per heavy atom. The van der Waals surface area contributed by atoms with Crippen LogP contribution in [0, 0.1) is 19.8 Å². The Balaban J connectivity index is 1.81. The van der Waals surface area contributed by atoms with Gasteiger partial charge in [0.2, 0.25) is 0 Å². The number of unbranched alkanes of at least 4 members (excludes halogenated alkanes) is 4. The molecule has 2 aliphatic rings. The van der Waals surface area contributed by atoms with Crippen LogP contribution >= 0.6 is 0 Å². The molecule has 0 radical (unpaired) electrons. The summed E-state index contributed by atoms with van der Waals surface area (Å²) in [6.07, 6.45) is 7.89. The van der Waals surface area contributed by atoms with Crippen molar-refractivity contribution < 1.29 is 0 Å². The fraction of sp³-hybridized carbons (Fsp3) is 0.769. The number of hydrogen-bond acceptors (Lipinski definition) is 4. The highest BCUT2D eigenvalue weighted by Gasteiger charge is 2.48. The third kappa shape index (κ3) is 5.27. The van der Waals surface area contributed by atoms with Gasteiger partial charge in [-0.1, -0.05) is 64.7 Å². The van der Waals surface area contributed by atoms with Gasteiger partial charge in [0.05, 0.1) is 6.04 Å². The van der Waals surface area contributed by atoms with Gasteiger partial charge in [-0.25, -0.2) is 10.0 Å². The number of piperazine rings is 1. The van der Waals surface area contributed by atoms with Gasteiger partial charge in [0.1, 0.15) is 0 Å². The third-order valence-electron chi connectivity index (χ3n) is 7.39. The van der Waals surface area contributed by atoms with Crippen LogP contribution in [0.2, 0.25) is 0 Å². The summed E-state index contributed by atoms with van der Waals surface area (Å²) in [4.78, 5) is 2.60. The molecular weight excluding hydrogens is 368 g/mol. The molecule has 2 aliphatic heterocycles. The SMILES string of the molecule is CCCCCN(CCCCC)N1CC(C)C2C(c3ccc(C)c(C)c3)N(C)CCN21. The summed E-state index contributed by atoms with van der Waals surface area (Å²) in [5.74, 6) is 0.666. The Labute approximate surface area is 186 Å². The second-order valence-electron chi connectivity index (χ2n) is 9.82. The minimum absolute atomic E-state index is 0.478. The first-order chi connectivity index (χ1) is 14.5. The van der Waals surface area contributed by atoms with Gasteiger partial charge in [0.25, 0.3) is 0 Å². The summed E-state index contributed by atoms with van der Waals surface area (Å²) in [6.45, 7) is 17.4. The number of nitrogens with zero attached hydrogens (tertiary/aromatic N) is 4. The van der Waals surface area contributed by atoms with Crippen molar-refractivity contribution in [2.75, 3.05) is 39.8 Å². The van der Waals surface area contributed by atoms with Crippen molar-refractivity contribution in [2.24, 2.45) is 5.92 Å². The number of rotatable bonds is 10. The zero-order valence-corrected chi connectivity index (χ0v) is 20.5. The molecule has 0 bridgehead atoms. The molecule has 2 fully saturated rings. The Kier molecular flexibility index (Phi) is 8.76. The molecule has 170 valence electrons. The quantitative estimate of drug-likeness (QED) is 0.474. The Bertz CT molecular complexity index is 650. The van der Waals surface area contributed by atoms with Gasteiger partial charge in [0, 0.05) is 38.8 Å². The van der Waals surface area contributed by atoms with Crippen molar-refractivity contribution in [2.45, 2.75) is 85.2 Å². The molecule has 0 spiro atoms. The van der Waals surface area contributed by atoms with Gasteiger partial charge in [-0.3, -0.25) is 4.90 Å². The van der Waals surface area contributed by atoms with E-state index < -0.39 is 0 Å². The van der Waals surface area contributed by atoms with E-state index in [1.54, 1.807) is 0 Å². The van der Waals surface area contributed by atoms with Crippen LogP contribution in [-0.2, 0) is 0 Å². The molecule has 30 heavy (non-hydrogen) atoms. The lowest BCUT2D eigenvalue weighted by Gasteiger charge is -2.48. The number of likely N-dealkylation sites (N-methyl/N-ethyl adjacent to an activating group) is 1. The maximum atomic E-state index is 2.74. The van der Waals surface area contributed by atoms with Crippen LogP contribution in [0.4, 0.5) is 0 Å². The molecule has 1 aromatic rings. The van der Waals surface area contributed by atoms with Crippen LogP contribution in [-0.4, -0.2) is 65.8 Å². The molecular formula is C26H46N4. The standard InChI is InChI=1S/C26H46N4/c1-7-9-11-15-28(16-12-10-8-2)30-20-23(5)25-26(27(6)17-18-29(25)30)24-14-13-21(3)22(4)19-24/h13-14,19,23,25-26H,7-12,15-18,20H2,1-6H3. The summed E-state index contributed by atoms with van der Waals surface area (Å²) < 4.78 is 0. The van der Waals surface area contributed by atoms with Gasteiger partial charge >= 0.3 is 0 Å². The smallest absolute Gasteiger partial charge is 0.0519 e. The van der Waals surface area contributed by atoms with Gasteiger partial charge in [-0.15, -0.1) is 0 Å². The highest BCUT2D eigenvalue weighted by Crippen LogP contribution is 2.40. The molecule has 1 aromatic carbocycles. The zero-order valence-electron chi connectivity index (χ0n) is 20.5. The third-order valence-corrected chi connectivity index (χ3v) is 7.39. The largest absolute Gasteiger partial charge is 0.296 e. The van der Waals surface area contributed by atoms with E-state index in [9.17, 15) is 0 Å². The van der Waals surface area contributed by atoms with Crippen molar-refractivity contribution >= 4 is 0 Å². The maximum absolute atomic E-state index is 2.74. The average Bonchev–Trinajstić information content (AvgIpc) is 3.06. The normalized spacial score (nSPS) is 25.9. The average molecular weight is 415 g/mol. The van der Waals surface area contributed by atoms with Gasteiger partial charge in [0.15, 0.2) is 0 Å². The second-order valence-corrected chi connectivity index (χ2v) is 9.82. The second kappa shape index (κ2) is 11.1. The van der Waals surface area contributed by atoms with E-state index in [4.69, 9.17) is 0 Å². The van der Waals surface area contributed by atoms with Crippen molar-refractivity contribution in [3.63, 3.8) is 0 Å². The topological polar surface area (TPSA) is 13.0 Å². The molecule has 4 nitrogen and oxygen atoms in total. The van der Waals surface area contributed by atoms with Crippen molar-refractivity contribution in [3.05, 3.63) is 34.9 Å². The molecule has 3 unspecified atom stereocenters. The lowest BCUT2D eigenvalue weighted by atomic mass is 9.87. The summed E-state index contributed by atoms with van der Waals surface area (Å²) in [7, 11) is 2.33. The predicted octanol–water partition coefficient (Wildman–Crippen LogP) is 5.42. The van der Waals surface area contributed by atoms with Crippen LogP contribution in [0.15, 0.2) is 18.2 Å². The first-order valence-corrected chi connectivity index (χ1v) is 12.5. The molecule has 0 aliphatic carbocycles. The molecule has 0 saturated carbocycles. The monoisotopic (exact) mass is 414 g/mol. The molecule has 4 heteroatoms. The Morgan fingerprint density at radius 3 is 2.20 bits per heavy atom. The number of aryl methyl sites for hydroxylation is 2. The molecule has 3 rings (SSSR count). The first kappa shape index (κ1) is 23.7. The zero-order chi connectivity index (χ0) is 21.7. The summed E-state index contributed by atoms with van der Waals surface area (Å²) >= 11 is 0. The Hall–Kier alpha value is -0.940. The lowest BCUT2D eigenvalue weighted by Crippen LogP contribution is -2.59. The van der Waals surface area contributed by atoms with E-state index in [-0.39, 0.29) is 0 Å². The van der Waals surface area contributed by atoms with Crippen LogP contribution in [0.5, 0.6) is 0 Å². The number of fused-ring (bicyclic) bond motifs is 1. The summed E-state index contributed by atoms with van der Waals surface area (Å²) in [5.41, 5.74) is 4.31. The molecule has 0 amide bonds. The minimum atomic E-state index is 0.478. The molecule has 2 saturated heterocycles. The number of benzene rings is 1. The van der Waals surface area contributed by atoms with Crippen LogP contribution in [0.3, 0.4) is 0 Å². The summed E-state index contributed by atoms with van der Waals surface area (Å²) in [6, 6.07) is 8.17. The maximum Gasteiger partial charge on any atom is 0.0519 e. The molecule has 0 aromatic heterocycles. The minimum Gasteiger partial charge on any atom is -0.296 e. The van der Waals surface area contributed by atoms with E-state index in [0.29, 0.717) is 18.0 Å². The van der Waals surface area contributed by atoms with Gasteiger partial charge < -0.3 is 0 Å². The van der Waals surface area contributed by atoms with Crippen molar-refractivity contribution in [1.29, 1.82) is 0 Å². The van der Waals surface area contributed by atoms with Gasteiger partial charge in [-0.2, -0.15) is 5.12 Å².